The average Bonchev–Trinajstić information content (AvgIpc) is 2.50. The van der Waals surface area contributed by atoms with Crippen LogP contribution in [0.4, 0.5) is 4.39 Å². The fourth-order valence-electron chi connectivity index (χ4n) is 1.90. The van der Waals surface area contributed by atoms with Crippen LogP contribution in [-0.2, 0) is 5.41 Å². The van der Waals surface area contributed by atoms with Crippen molar-refractivity contribution in [1.82, 2.24) is 9.97 Å². The summed E-state index contributed by atoms with van der Waals surface area (Å²) in [4.78, 5) is 7.20. The topological polar surface area (TPSA) is 28.7 Å². The quantitative estimate of drug-likeness (QED) is 0.703. The molecule has 15 heavy (non-hydrogen) atoms. The van der Waals surface area contributed by atoms with Crippen LogP contribution in [0.25, 0.3) is 11.0 Å². The first-order chi connectivity index (χ1) is 6.91. The predicted octanol–water partition coefficient (Wildman–Crippen LogP) is 3.31. The highest BCUT2D eigenvalue weighted by molar-refractivity contribution is 5.81. The van der Waals surface area contributed by atoms with Gasteiger partial charge in [0.15, 0.2) is 0 Å². The number of fused-ring (bicyclic) bond motifs is 1. The molecule has 0 saturated heterocycles. The van der Waals surface area contributed by atoms with Crippen LogP contribution in [-0.4, -0.2) is 9.97 Å². The molecule has 0 spiro atoms. The van der Waals surface area contributed by atoms with E-state index in [4.69, 9.17) is 0 Å². The Morgan fingerprint density at radius 1 is 1.33 bits per heavy atom. The maximum atomic E-state index is 14.0. The molecule has 0 aliphatic carbocycles. The standard InChI is InChI=1S/C12H15FN2/c1-7-10(13)9(12(2,3)4)8-5-6-14-11(8)15-7/h5-6H,1-4H3,(H,14,15). The lowest BCUT2D eigenvalue weighted by molar-refractivity contribution is 0.520. The van der Waals surface area contributed by atoms with Crippen molar-refractivity contribution < 1.29 is 4.39 Å². The SMILES string of the molecule is Cc1nc2[nH]ccc2c(C(C)(C)C)c1F. The van der Waals surface area contributed by atoms with Crippen LogP contribution in [0.1, 0.15) is 32.0 Å². The zero-order chi connectivity index (χ0) is 11.2. The summed E-state index contributed by atoms with van der Waals surface area (Å²) in [5.74, 6) is -0.186. The molecule has 1 N–H and O–H groups in total. The number of rotatable bonds is 0. The second kappa shape index (κ2) is 3.05. The van der Waals surface area contributed by atoms with Crippen molar-refractivity contribution >= 4 is 11.0 Å². The lowest BCUT2D eigenvalue weighted by atomic mass is 9.85. The average molecular weight is 206 g/mol. The van der Waals surface area contributed by atoms with E-state index in [1.807, 2.05) is 26.8 Å². The maximum absolute atomic E-state index is 14.0. The Bertz CT molecular complexity index is 506. The molecule has 0 amide bonds. The number of nitrogens with zero attached hydrogens (tertiary/aromatic N) is 1. The summed E-state index contributed by atoms with van der Waals surface area (Å²) in [6, 6.07) is 1.88. The van der Waals surface area contributed by atoms with Crippen LogP contribution in [0, 0.1) is 12.7 Å². The molecule has 0 aliphatic rings. The van der Waals surface area contributed by atoms with Gasteiger partial charge in [0.1, 0.15) is 11.5 Å². The molecule has 0 unspecified atom stereocenters. The van der Waals surface area contributed by atoms with E-state index in [1.165, 1.54) is 0 Å². The molecule has 2 aromatic heterocycles. The lowest BCUT2D eigenvalue weighted by Crippen LogP contribution is -2.15. The molecule has 80 valence electrons. The first-order valence-electron chi connectivity index (χ1n) is 5.05. The largest absolute Gasteiger partial charge is 0.346 e. The summed E-state index contributed by atoms with van der Waals surface area (Å²) in [7, 11) is 0. The number of aromatic amines is 1. The van der Waals surface area contributed by atoms with Crippen LogP contribution in [0.5, 0.6) is 0 Å². The van der Waals surface area contributed by atoms with E-state index in [2.05, 4.69) is 9.97 Å². The summed E-state index contributed by atoms with van der Waals surface area (Å²) >= 11 is 0. The number of aromatic nitrogens is 2. The molecular formula is C12H15FN2. The Hall–Kier alpha value is -1.38. The Kier molecular flexibility index (Phi) is 2.07. The van der Waals surface area contributed by atoms with E-state index in [-0.39, 0.29) is 11.2 Å². The Labute approximate surface area is 88.5 Å². The summed E-state index contributed by atoms with van der Waals surface area (Å²) in [5.41, 5.74) is 1.75. The monoisotopic (exact) mass is 206 g/mol. The van der Waals surface area contributed by atoms with Gasteiger partial charge in [0.05, 0.1) is 5.69 Å². The summed E-state index contributed by atoms with van der Waals surface area (Å²) < 4.78 is 14.0. The first-order valence-corrected chi connectivity index (χ1v) is 5.05. The van der Waals surface area contributed by atoms with Crippen molar-refractivity contribution in [2.24, 2.45) is 0 Å². The van der Waals surface area contributed by atoms with E-state index in [9.17, 15) is 4.39 Å². The summed E-state index contributed by atoms with van der Waals surface area (Å²) in [6.07, 6.45) is 1.80. The van der Waals surface area contributed by atoms with Crippen molar-refractivity contribution in [2.45, 2.75) is 33.1 Å². The van der Waals surface area contributed by atoms with Gasteiger partial charge in [-0.15, -0.1) is 0 Å². The number of pyridine rings is 1. The highest BCUT2D eigenvalue weighted by Crippen LogP contribution is 2.32. The fourth-order valence-corrected chi connectivity index (χ4v) is 1.90. The summed E-state index contributed by atoms with van der Waals surface area (Å²) in [5, 5.41) is 0.880. The minimum atomic E-state index is -0.210. The molecule has 0 atom stereocenters. The normalized spacial score (nSPS) is 12.3. The van der Waals surface area contributed by atoms with Gasteiger partial charge in [-0.1, -0.05) is 20.8 Å². The summed E-state index contributed by atoms with van der Waals surface area (Å²) in [6.45, 7) is 7.73. The minimum Gasteiger partial charge on any atom is -0.346 e. The van der Waals surface area contributed by atoms with Gasteiger partial charge >= 0.3 is 0 Å². The number of H-pyrrole nitrogens is 1. The smallest absolute Gasteiger partial charge is 0.148 e. The van der Waals surface area contributed by atoms with Gasteiger partial charge in [-0.05, 0) is 18.4 Å². The first kappa shape index (κ1) is 10.1. The van der Waals surface area contributed by atoms with Gasteiger partial charge in [0.2, 0.25) is 0 Å². The van der Waals surface area contributed by atoms with Crippen molar-refractivity contribution in [3.8, 4) is 0 Å². The van der Waals surface area contributed by atoms with Gasteiger partial charge in [-0.3, -0.25) is 0 Å². The van der Waals surface area contributed by atoms with Gasteiger partial charge in [0.25, 0.3) is 0 Å². The molecule has 2 rings (SSSR count). The second-order valence-corrected chi connectivity index (χ2v) is 4.88. The number of aryl methyl sites for hydroxylation is 1. The van der Waals surface area contributed by atoms with Gasteiger partial charge in [0, 0.05) is 17.1 Å². The Morgan fingerprint density at radius 3 is 2.60 bits per heavy atom. The third-order valence-corrected chi connectivity index (χ3v) is 2.56. The minimum absolute atomic E-state index is 0.186. The zero-order valence-electron chi connectivity index (χ0n) is 9.48. The molecular weight excluding hydrogens is 191 g/mol. The lowest BCUT2D eigenvalue weighted by Gasteiger charge is -2.21. The van der Waals surface area contributed by atoms with E-state index >= 15 is 0 Å². The van der Waals surface area contributed by atoms with Crippen LogP contribution < -0.4 is 0 Å². The number of hydrogen-bond donors (Lipinski definition) is 1. The molecule has 2 nitrogen and oxygen atoms in total. The van der Waals surface area contributed by atoms with Crippen molar-refractivity contribution in [1.29, 1.82) is 0 Å². The molecule has 0 aliphatic heterocycles. The molecule has 0 aromatic carbocycles. The van der Waals surface area contributed by atoms with Crippen molar-refractivity contribution in [3.05, 3.63) is 29.3 Å². The van der Waals surface area contributed by atoms with Crippen LogP contribution >= 0.6 is 0 Å². The molecule has 2 heterocycles. The van der Waals surface area contributed by atoms with Gasteiger partial charge in [-0.25, -0.2) is 9.37 Å². The molecule has 0 fully saturated rings. The highest BCUT2D eigenvalue weighted by atomic mass is 19.1. The van der Waals surface area contributed by atoms with Gasteiger partial charge < -0.3 is 4.98 Å². The molecule has 0 saturated carbocycles. The Balaban J connectivity index is 2.90. The molecule has 0 radical (unpaired) electrons. The highest BCUT2D eigenvalue weighted by Gasteiger charge is 2.24. The van der Waals surface area contributed by atoms with Crippen molar-refractivity contribution in [2.75, 3.05) is 0 Å². The molecule has 2 aromatic rings. The van der Waals surface area contributed by atoms with E-state index in [0.29, 0.717) is 5.69 Å². The second-order valence-electron chi connectivity index (χ2n) is 4.88. The molecule has 0 bridgehead atoms. The zero-order valence-corrected chi connectivity index (χ0v) is 9.48. The fraction of sp³-hybridized carbons (Fsp3) is 0.417. The maximum Gasteiger partial charge on any atom is 0.148 e. The van der Waals surface area contributed by atoms with Crippen LogP contribution in [0.2, 0.25) is 0 Å². The predicted molar refractivity (Wildman–Crippen MR) is 59.5 cm³/mol. The van der Waals surface area contributed by atoms with Crippen LogP contribution in [0.15, 0.2) is 12.3 Å². The third kappa shape index (κ3) is 1.52. The van der Waals surface area contributed by atoms with E-state index < -0.39 is 0 Å². The number of nitrogens with one attached hydrogen (secondary N) is 1. The Morgan fingerprint density at radius 2 is 2.00 bits per heavy atom. The van der Waals surface area contributed by atoms with E-state index in [0.717, 1.165) is 16.6 Å². The number of halogens is 1. The molecule has 3 heteroatoms. The number of hydrogen-bond acceptors (Lipinski definition) is 1. The van der Waals surface area contributed by atoms with Crippen LogP contribution in [0.3, 0.4) is 0 Å². The van der Waals surface area contributed by atoms with Gasteiger partial charge in [-0.2, -0.15) is 0 Å². The van der Waals surface area contributed by atoms with E-state index in [1.54, 1.807) is 13.1 Å². The third-order valence-electron chi connectivity index (χ3n) is 2.56. The van der Waals surface area contributed by atoms with Crippen molar-refractivity contribution in [3.63, 3.8) is 0 Å².